The average molecular weight is 328 g/mol. The number of rotatable bonds is 7. The molecule has 6 nitrogen and oxygen atoms in total. The van der Waals surface area contributed by atoms with Crippen molar-refractivity contribution in [2.24, 2.45) is 5.92 Å². The van der Waals surface area contributed by atoms with Gasteiger partial charge in [0.15, 0.2) is 0 Å². The van der Waals surface area contributed by atoms with Gasteiger partial charge < -0.3 is 10.1 Å². The van der Waals surface area contributed by atoms with Gasteiger partial charge in [-0.15, -0.1) is 0 Å². The SMILES string of the molecule is COc1ccccc1N(CC(=O)NC(C)C(C)C)S(C)(=O)=O. The fraction of sp³-hybridized carbons (Fsp3) is 0.533. The van der Waals surface area contributed by atoms with Crippen LogP contribution in [0.2, 0.25) is 0 Å². The van der Waals surface area contributed by atoms with E-state index in [9.17, 15) is 13.2 Å². The number of nitrogens with zero attached hydrogens (tertiary/aromatic N) is 1. The van der Waals surface area contributed by atoms with E-state index < -0.39 is 10.0 Å². The standard InChI is InChI=1S/C15H24N2O4S/c1-11(2)12(3)16-15(18)10-17(22(5,19)20)13-8-6-7-9-14(13)21-4/h6-9,11-12H,10H2,1-5H3,(H,16,18). The van der Waals surface area contributed by atoms with Crippen LogP contribution in [0.1, 0.15) is 20.8 Å². The van der Waals surface area contributed by atoms with Gasteiger partial charge in [-0.05, 0) is 25.0 Å². The van der Waals surface area contributed by atoms with Gasteiger partial charge in [-0.3, -0.25) is 9.10 Å². The Morgan fingerprint density at radius 3 is 2.36 bits per heavy atom. The second-order valence-corrected chi connectivity index (χ2v) is 7.45. The van der Waals surface area contributed by atoms with Crippen LogP contribution in [-0.4, -0.2) is 40.3 Å². The summed E-state index contributed by atoms with van der Waals surface area (Å²) >= 11 is 0. The Labute approximate surface area is 132 Å². The maximum atomic E-state index is 12.1. The van der Waals surface area contributed by atoms with Crippen LogP contribution in [0.15, 0.2) is 24.3 Å². The molecular formula is C15H24N2O4S. The van der Waals surface area contributed by atoms with Gasteiger partial charge in [-0.2, -0.15) is 0 Å². The summed E-state index contributed by atoms with van der Waals surface area (Å²) in [6.07, 6.45) is 1.07. The van der Waals surface area contributed by atoms with Crippen LogP contribution in [0.3, 0.4) is 0 Å². The van der Waals surface area contributed by atoms with Crippen LogP contribution >= 0.6 is 0 Å². The first-order valence-corrected chi connectivity index (χ1v) is 8.91. The first-order chi connectivity index (χ1) is 10.2. The zero-order valence-electron chi connectivity index (χ0n) is 13.7. The molecule has 0 heterocycles. The second-order valence-electron chi connectivity index (χ2n) is 5.54. The van der Waals surface area contributed by atoms with Crippen molar-refractivity contribution in [2.45, 2.75) is 26.8 Å². The molecular weight excluding hydrogens is 304 g/mol. The summed E-state index contributed by atoms with van der Waals surface area (Å²) in [7, 11) is -2.15. The van der Waals surface area contributed by atoms with E-state index in [4.69, 9.17) is 4.74 Å². The molecule has 0 bridgehead atoms. The Balaban J connectivity index is 3.04. The van der Waals surface area contributed by atoms with E-state index in [-0.39, 0.29) is 24.4 Å². The minimum absolute atomic E-state index is 0.0356. The highest BCUT2D eigenvalue weighted by molar-refractivity contribution is 7.92. The van der Waals surface area contributed by atoms with Crippen LogP contribution in [0.4, 0.5) is 5.69 Å². The van der Waals surface area contributed by atoms with Crippen molar-refractivity contribution >= 4 is 21.6 Å². The molecule has 0 saturated carbocycles. The van der Waals surface area contributed by atoms with Gasteiger partial charge >= 0.3 is 0 Å². The van der Waals surface area contributed by atoms with E-state index in [1.165, 1.54) is 7.11 Å². The fourth-order valence-corrected chi connectivity index (χ4v) is 2.67. The number of carbonyl (C=O) groups is 1. The van der Waals surface area contributed by atoms with Crippen LogP contribution in [0, 0.1) is 5.92 Å². The van der Waals surface area contributed by atoms with Gasteiger partial charge in [-0.1, -0.05) is 26.0 Å². The molecule has 1 atom stereocenters. The highest BCUT2D eigenvalue weighted by atomic mass is 32.2. The molecule has 1 aromatic carbocycles. The number of para-hydroxylation sites is 2. The molecule has 0 aliphatic rings. The van der Waals surface area contributed by atoms with E-state index in [1.54, 1.807) is 24.3 Å². The highest BCUT2D eigenvalue weighted by Gasteiger charge is 2.24. The average Bonchev–Trinajstić information content (AvgIpc) is 2.43. The van der Waals surface area contributed by atoms with Gasteiger partial charge in [0.2, 0.25) is 15.9 Å². The summed E-state index contributed by atoms with van der Waals surface area (Å²) in [5.74, 6) is 0.317. The molecule has 1 amide bonds. The first kappa shape index (κ1) is 18.3. The summed E-state index contributed by atoms with van der Waals surface area (Å²) in [6.45, 7) is 5.58. The maximum Gasteiger partial charge on any atom is 0.240 e. The smallest absolute Gasteiger partial charge is 0.240 e. The lowest BCUT2D eigenvalue weighted by Gasteiger charge is -2.25. The Morgan fingerprint density at radius 2 is 1.86 bits per heavy atom. The Hall–Kier alpha value is -1.76. The van der Waals surface area contributed by atoms with Gasteiger partial charge in [0.25, 0.3) is 0 Å². The maximum absolute atomic E-state index is 12.1. The van der Waals surface area contributed by atoms with Crippen molar-refractivity contribution in [3.63, 3.8) is 0 Å². The topological polar surface area (TPSA) is 75.7 Å². The predicted molar refractivity (Wildman–Crippen MR) is 87.6 cm³/mol. The first-order valence-electron chi connectivity index (χ1n) is 7.07. The van der Waals surface area contributed by atoms with Crippen LogP contribution in [0.25, 0.3) is 0 Å². The molecule has 0 aromatic heterocycles. The molecule has 1 unspecified atom stereocenters. The number of anilines is 1. The largest absolute Gasteiger partial charge is 0.495 e. The van der Waals surface area contributed by atoms with E-state index >= 15 is 0 Å². The van der Waals surface area contributed by atoms with E-state index in [0.29, 0.717) is 11.4 Å². The third-order valence-electron chi connectivity index (χ3n) is 3.43. The number of methoxy groups -OCH3 is 1. The van der Waals surface area contributed by atoms with Crippen molar-refractivity contribution in [2.75, 3.05) is 24.2 Å². The number of benzene rings is 1. The van der Waals surface area contributed by atoms with Crippen molar-refractivity contribution in [1.29, 1.82) is 0 Å². The summed E-state index contributed by atoms with van der Waals surface area (Å²) in [6, 6.07) is 6.67. The zero-order chi connectivity index (χ0) is 16.9. The molecule has 0 spiro atoms. The molecule has 0 fully saturated rings. The summed E-state index contributed by atoms with van der Waals surface area (Å²) in [5, 5.41) is 2.80. The molecule has 0 saturated heterocycles. The number of nitrogens with one attached hydrogen (secondary N) is 1. The highest BCUT2D eigenvalue weighted by Crippen LogP contribution is 2.29. The molecule has 7 heteroatoms. The summed E-state index contributed by atoms with van der Waals surface area (Å²) in [4.78, 5) is 12.1. The number of amides is 1. The van der Waals surface area contributed by atoms with Crippen molar-refractivity contribution in [1.82, 2.24) is 5.32 Å². The fourth-order valence-electron chi connectivity index (χ4n) is 1.81. The quantitative estimate of drug-likeness (QED) is 0.825. The summed E-state index contributed by atoms with van der Waals surface area (Å²) in [5.41, 5.74) is 0.347. The lowest BCUT2D eigenvalue weighted by molar-refractivity contribution is -0.120. The molecule has 124 valence electrons. The van der Waals surface area contributed by atoms with Gasteiger partial charge in [0, 0.05) is 6.04 Å². The molecule has 1 aromatic rings. The van der Waals surface area contributed by atoms with Crippen molar-refractivity contribution < 1.29 is 17.9 Å². The number of hydrogen-bond acceptors (Lipinski definition) is 4. The molecule has 0 radical (unpaired) electrons. The second kappa shape index (κ2) is 7.49. The van der Waals surface area contributed by atoms with Crippen molar-refractivity contribution in [3.8, 4) is 5.75 Å². The Bertz CT molecular complexity index is 614. The minimum Gasteiger partial charge on any atom is -0.495 e. The number of sulfonamides is 1. The predicted octanol–water partition coefficient (Wildman–Crippen LogP) is 1.62. The van der Waals surface area contributed by atoms with Crippen LogP contribution in [0.5, 0.6) is 5.75 Å². The Kier molecular flexibility index (Phi) is 6.22. The Morgan fingerprint density at radius 1 is 1.27 bits per heavy atom. The number of ether oxygens (including phenoxy) is 1. The zero-order valence-corrected chi connectivity index (χ0v) is 14.5. The van der Waals surface area contributed by atoms with E-state index in [2.05, 4.69) is 5.32 Å². The van der Waals surface area contributed by atoms with E-state index in [0.717, 1.165) is 10.6 Å². The normalized spacial score (nSPS) is 12.8. The van der Waals surface area contributed by atoms with Gasteiger partial charge in [-0.25, -0.2) is 8.42 Å². The molecule has 1 rings (SSSR count). The molecule has 0 aliphatic carbocycles. The molecule has 22 heavy (non-hydrogen) atoms. The van der Waals surface area contributed by atoms with E-state index in [1.807, 2.05) is 20.8 Å². The number of hydrogen-bond donors (Lipinski definition) is 1. The summed E-state index contributed by atoms with van der Waals surface area (Å²) < 4.78 is 30.3. The van der Waals surface area contributed by atoms with Gasteiger partial charge in [0.05, 0.1) is 19.1 Å². The third-order valence-corrected chi connectivity index (χ3v) is 4.56. The van der Waals surface area contributed by atoms with Crippen LogP contribution < -0.4 is 14.4 Å². The molecule has 0 aliphatic heterocycles. The minimum atomic E-state index is -3.61. The lowest BCUT2D eigenvalue weighted by Crippen LogP contribution is -2.44. The monoisotopic (exact) mass is 328 g/mol. The van der Waals surface area contributed by atoms with Crippen molar-refractivity contribution in [3.05, 3.63) is 24.3 Å². The third kappa shape index (κ3) is 4.91. The molecule has 1 N–H and O–H groups in total. The van der Waals surface area contributed by atoms with Gasteiger partial charge in [0.1, 0.15) is 12.3 Å². The number of carbonyl (C=O) groups excluding carboxylic acids is 1. The lowest BCUT2D eigenvalue weighted by atomic mass is 10.1. The van der Waals surface area contributed by atoms with Crippen LogP contribution in [-0.2, 0) is 14.8 Å².